The topological polar surface area (TPSA) is 63.7 Å². The minimum atomic E-state index is -0.473. The third-order valence-electron chi connectivity index (χ3n) is 6.13. The highest BCUT2D eigenvalue weighted by molar-refractivity contribution is 6.22. The summed E-state index contributed by atoms with van der Waals surface area (Å²) in [5, 5.41) is 0. The number of para-hydroxylation sites is 1. The van der Waals surface area contributed by atoms with Gasteiger partial charge in [0.2, 0.25) is 11.8 Å². The number of ether oxygens (including phenoxy) is 1. The molecule has 1 saturated carbocycles. The predicted octanol–water partition coefficient (Wildman–Crippen LogP) is 3.53. The zero-order chi connectivity index (χ0) is 19.4. The largest absolute Gasteiger partial charge is 0.423 e. The van der Waals surface area contributed by atoms with Crippen molar-refractivity contribution < 1.29 is 19.1 Å². The number of hydrogen-bond donors (Lipinski definition) is 0. The Morgan fingerprint density at radius 2 is 1.54 bits per heavy atom. The molecule has 3 aliphatic rings. The molecule has 5 rings (SSSR count). The number of rotatable bonds is 3. The quantitative estimate of drug-likeness (QED) is 0.357. The number of aryl methyl sites for hydroxylation is 1. The standard InChI is InChI=1S/C23H19NO4/c1-13-4-2-3-5-18(13)28-23(27)14-8-10-17(11-9-14)24-21(25)19-15-6-7-16(12-15)20(19)22(24)26/h2-11,15-16,19-20H,12H2,1H3. The number of allylic oxidation sites excluding steroid dienone is 2. The molecule has 0 aromatic heterocycles. The average Bonchev–Trinajstić information content (AvgIpc) is 3.38. The lowest BCUT2D eigenvalue weighted by Crippen LogP contribution is -2.32. The number of esters is 1. The Bertz CT molecular complexity index is 993. The number of benzene rings is 2. The molecule has 2 aromatic rings. The summed E-state index contributed by atoms with van der Waals surface area (Å²) in [4.78, 5) is 39.4. The fourth-order valence-corrected chi connectivity index (χ4v) is 4.73. The van der Waals surface area contributed by atoms with Crippen LogP contribution in [0.4, 0.5) is 5.69 Å². The van der Waals surface area contributed by atoms with Crippen LogP contribution in [0.15, 0.2) is 60.7 Å². The number of nitrogens with zero attached hydrogens (tertiary/aromatic N) is 1. The summed E-state index contributed by atoms with van der Waals surface area (Å²) in [5.41, 5.74) is 1.75. The van der Waals surface area contributed by atoms with E-state index in [1.807, 2.05) is 25.1 Å². The van der Waals surface area contributed by atoms with Gasteiger partial charge < -0.3 is 4.74 Å². The second kappa shape index (κ2) is 6.16. The molecule has 5 nitrogen and oxygen atoms in total. The summed E-state index contributed by atoms with van der Waals surface area (Å²) >= 11 is 0. The second-order valence-corrected chi connectivity index (χ2v) is 7.71. The molecule has 2 amide bonds. The molecule has 0 N–H and O–H groups in total. The highest BCUT2D eigenvalue weighted by Crippen LogP contribution is 2.53. The maximum atomic E-state index is 12.9. The molecule has 1 saturated heterocycles. The zero-order valence-electron chi connectivity index (χ0n) is 15.4. The summed E-state index contributed by atoms with van der Waals surface area (Å²) in [6, 6.07) is 13.8. The predicted molar refractivity (Wildman–Crippen MR) is 103 cm³/mol. The van der Waals surface area contributed by atoms with Gasteiger partial charge in [-0.15, -0.1) is 0 Å². The van der Waals surface area contributed by atoms with E-state index in [1.165, 1.54) is 4.90 Å². The number of fused-ring (bicyclic) bond motifs is 5. The lowest BCUT2D eigenvalue weighted by atomic mass is 9.85. The molecule has 4 unspecified atom stereocenters. The van der Waals surface area contributed by atoms with Crippen LogP contribution in [-0.4, -0.2) is 17.8 Å². The number of carbonyl (C=O) groups is 3. The van der Waals surface area contributed by atoms with Gasteiger partial charge in [0, 0.05) is 0 Å². The van der Waals surface area contributed by atoms with Crippen molar-refractivity contribution in [1.29, 1.82) is 0 Å². The summed E-state index contributed by atoms with van der Waals surface area (Å²) < 4.78 is 5.44. The van der Waals surface area contributed by atoms with Crippen molar-refractivity contribution in [1.82, 2.24) is 0 Å². The number of anilines is 1. The van der Waals surface area contributed by atoms with Gasteiger partial charge in [0.05, 0.1) is 23.1 Å². The molecule has 2 fully saturated rings. The van der Waals surface area contributed by atoms with E-state index in [0.29, 0.717) is 17.0 Å². The SMILES string of the molecule is Cc1ccccc1OC(=O)c1ccc(N2C(=O)C3C4C=CC(C4)C3C2=O)cc1. The van der Waals surface area contributed by atoms with E-state index in [1.54, 1.807) is 30.3 Å². The van der Waals surface area contributed by atoms with E-state index < -0.39 is 5.97 Å². The highest BCUT2D eigenvalue weighted by Gasteiger charge is 2.59. The minimum Gasteiger partial charge on any atom is -0.423 e. The smallest absolute Gasteiger partial charge is 0.343 e. The van der Waals surface area contributed by atoms with Crippen molar-refractivity contribution in [3.63, 3.8) is 0 Å². The molecule has 2 bridgehead atoms. The van der Waals surface area contributed by atoms with Crippen LogP contribution in [0.2, 0.25) is 0 Å². The van der Waals surface area contributed by atoms with E-state index in [0.717, 1.165) is 12.0 Å². The molecule has 2 aromatic carbocycles. The first-order valence-electron chi connectivity index (χ1n) is 9.48. The van der Waals surface area contributed by atoms with Crippen LogP contribution in [0, 0.1) is 30.6 Å². The average molecular weight is 373 g/mol. The van der Waals surface area contributed by atoms with Crippen LogP contribution in [0.25, 0.3) is 0 Å². The summed E-state index contributed by atoms with van der Waals surface area (Å²) in [7, 11) is 0. The first-order chi connectivity index (χ1) is 13.5. The van der Waals surface area contributed by atoms with Gasteiger partial charge in [0.25, 0.3) is 0 Å². The van der Waals surface area contributed by atoms with Gasteiger partial charge in [-0.05, 0) is 61.1 Å². The van der Waals surface area contributed by atoms with E-state index in [9.17, 15) is 14.4 Å². The van der Waals surface area contributed by atoms with Crippen molar-refractivity contribution in [3.8, 4) is 5.75 Å². The Morgan fingerprint density at radius 3 is 2.14 bits per heavy atom. The van der Waals surface area contributed by atoms with Crippen LogP contribution in [0.5, 0.6) is 5.75 Å². The van der Waals surface area contributed by atoms with Gasteiger partial charge in [-0.1, -0.05) is 30.4 Å². The number of carbonyl (C=O) groups excluding carboxylic acids is 3. The monoisotopic (exact) mass is 373 g/mol. The van der Waals surface area contributed by atoms with Crippen LogP contribution in [-0.2, 0) is 9.59 Å². The Morgan fingerprint density at radius 1 is 0.929 bits per heavy atom. The van der Waals surface area contributed by atoms with E-state index in [4.69, 9.17) is 4.74 Å². The van der Waals surface area contributed by atoms with Crippen molar-refractivity contribution in [2.75, 3.05) is 4.90 Å². The fourth-order valence-electron chi connectivity index (χ4n) is 4.73. The number of amides is 2. The van der Waals surface area contributed by atoms with Gasteiger partial charge in [0.15, 0.2) is 0 Å². The normalized spacial score (nSPS) is 27.4. The maximum absolute atomic E-state index is 12.9. The first-order valence-corrected chi connectivity index (χ1v) is 9.48. The Hall–Kier alpha value is -3.21. The summed E-state index contributed by atoms with van der Waals surface area (Å²) in [6.45, 7) is 1.87. The van der Waals surface area contributed by atoms with Crippen molar-refractivity contribution in [2.45, 2.75) is 13.3 Å². The zero-order valence-corrected chi connectivity index (χ0v) is 15.4. The molecule has 28 heavy (non-hydrogen) atoms. The molecule has 1 heterocycles. The molecular weight excluding hydrogens is 354 g/mol. The second-order valence-electron chi connectivity index (χ2n) is 7.71. The summed E-state index contributed by atoms with van der Waals surface area (Å²) in [6.07, 6.45) is 5.06. The Kier molecular flexibility index (Phi) is 3.72. The molecule has 140 valence electrons. The molecule has 0 spiro atoms. The van der Waals surface area contributed by atoms with Gasteiger partial charge in [0.1, 0.15) is 5.75 Å². The Balaban J connectivity index is 1.36. The van der Waals surface area contributed by atoms with Crippen LogP contribution >= 0.6 is 0 Å². The van der Waals surface area contributed by atoms with Gasteiger partial charge in [-0.3, -0.25) is 14.5 Å². The van der Waals surface area contributed by atoms with Crippen molar-refractivity contribution >= 4 is 23.5 Å². The maximum Gasteiger partial charge on any atom is 0.343 e. The first kappa shape index (κ1) is 16.9. The molecule has 2 aliphatic carbocycles. The molecule has 0 radical (unpaired) electrons. The lowest BCUT2D eigenvalue weighted by molar-refractivity contribution is -0.123. The van der Waals surface area contributed by atoms with E-state index >= 15 is 0 Å². The Labute approximate surface area is 162 Å². The van der Waals surface area contributed by atoms with E-state index in [-0.39, 0.29) is 35.5 Å². The third kappa shape index (κ3) is 2.43. The molecule has 1 aliphatic heterocycles. The van der Waals surface area contributed by atoms with Crippen LogP contribution < -0.4 is 9.64 Å². The van der Waals surface area contributed by atoms with Gasteiger partial charge >= 0.3 is 5.97 Å². The molecule has 5 heteroatoms. The third-order valence-corrected chi connectivity index (χ3v) is 6.13. The fraction of sp³-hybridized carbons (Fsp3) is 0.261. The highest BCUT2D eigenvalue weighted by atomic mass is 16.5. The number of hydrogen-bond acceptors (Lipinski definition) is 4. The number of imide groups is 1. The summed E-state index contributed by atoms with van der Waals surface area (Å²) in [5.74, 6) is -0.304. The van der Waals surface area contributed by atoms with E-state index in [2.05, 4.69) is 12.2 Å². The van der Waals surface area contributed by atoms with Gasteiger partial charge in [-0.25, -0.2) is 4.79 Å². The molecular formula is C23H19NO4. The van der Waals surface area contributed by atoms with Crippen LogP contribution in [0.3, 0.4) is 0 Å². The van der Waals surface area contributed by atoms with Gasteiger partial charge in [-0.2, -0.15) is 0 Å². The van der Waals surface area contributed by atoms with Crippen molar-refractivity contribution in [3.05, 3.63) is 71.8 Å². The lowest BCUT2D eigenvalue weighted by Gasteiger charge is -2.17. The van der Waals surface area contributed by atoms with Crippen molar-refractivity contribution in [2.24, 2.45) is 23.7 Å². The van der Waals surface area contributed by atoms with Crippen LogP contribution in [0.1, 0.15) is 22.3 Å². The minimum absolute atomic E-state index is 0.123. The molecule has 4 atom stereocenters.